The maximum atomic E-state index is 12.3. The summed E-state index contributed by atoms with van der Waals surface area (Å²) in [5.74, 6) is 0.0139. The van der Waals surface area contributed by atoms with E-state index in [0.717, 1.165) is 10.9 Å². The first kappa shape index (κ1) is 15.7. The van der Waals surface area contributed by atoms with Crippen LogP contribution in [0.2, 0.25) is 0 Å². The summed E-state index contributed by atoms with van der Waals surface area (Å²) in [4.78, 5) is 12.3. The third-order valence-electron chi connectivity index (χ3n) is 3.29. The van der Waals surface area contributed by atoms with Crippen molar-refractivity contribution in [3.63, 3.8) is 0 Å². The fraction of sp³-hybridized carbons (Fsp3) is 0.500. The highest BCUT2D eigenvalue weighted by atomic mass is 16.5. The van der Waals surface area contributed by atoms with Crippen molar-refractivity contribution in [1.82, 2.24) is 9.78 Å². The van der Waals surface area contributed by atoms with Crippen LogP contribution in [-0.2, 0) is 16.0 Å². The number of benzene rings is 1. The molecule has 0 aliphatic carbocycles. The van der Waals surface area contributed by atoms with E-state index in [9.17, 15) is 4.79 Å². The molecule has 0 amide bonds. The molecule has 21 heavy (non-hydrogen) atoms. The first-order valence-electron chi connectivity index (χ1n) is 7.21. The van der Waals surface area contributed by atoms with Crippen molar-refractivity contribution in [2.45, 2.75) is 20.4 Å². The van der Waals surface area contributed by atoms with E-state index >= 15 is 0 Å². The van der Waals surface area contributed by atoms with Gasteiger partial charge in [0.05, 0.1) is 31.9 Å². The van der Waals surface area contributed by atoms with Gasteiger partial charge in [0, 0.05) is 18.4 Å². The number of ether oxygens (including phenoxy) is 2. The first-order valence-corrected chi connectivity index (χ1v) is 7.21. The molecule has 2 rings (SSSR count). The number of rotatable bonds is 8. The van der Waals surface area contributed by atoms with E-state index in [0.29, 0.717) is 32.1 Å². The molecule has 0 aliphatic rings. The fourth-order valence-electron chi connectivity index (χ4n) is 2.15. The van der Waals surface area contributed by atoms with E-state index in [1.807, 2.05) is 42.8 Å². The molecule has 0 bridgehead atoms. The van der Waals surface area contributed by atoms with Gasteiger partial charge in [0.15, 0.2) is 5.78 Å². The van der Waals surface area contributed by atoms with E-state index in [4.69, 9.17) is 9.47 Å². The molecule has 2 aromatic rings. The number of carbonyl (C=O) groups is 1. The Kier molecular flexibility index (Phi) is 5.47. The van der Waals surface area contributed by atoms with Crippen molar-refractivity contribution in [3.8, 4) is 0 Å². The van der Waals surface area contributed by atoms with Gasteiger partial charge in [-0.05, 0) is 6.07 Å². The monoisotopic (exact) mass is 290 g/mol. The van der Waals surface area contributed by atoms with E-state index < -0.39 is 0 Å². The van der Waals surface area contributed by atoms with Crippen LogP contribution in [0.25, 0.3) is 10.9 Å². The van der Waals surface area contributed by atoms with Crippen molar-refractivity contribution in [2.24, 2.45) is 5.92 Å². The van der Waals surface area contributed by atoms with Gasteiger partial charge < -0.3 is 9.47 Å². The Balaban J connectivity index is 2.18. The summed E-state index contributed by atoms with van der Waals surface area (Å²) in [7, 11) is 1.65. The first-order chi connectivity index (χ1) is 10.1. The quantitative estimate of drug-likeness (QED) is 0.554. The van der Waals surface area contributed by atoms with Crippen molar-refractivity contribution in [3.05, 3.63) is 30.0 Å². The zero-order valence-electron chi connectivity index (χ0n) is 12.8. The van der Waals surface area contributed by atoms with Crippen LogP contribution in [0.3, 0.4) is 0 Å². The van der Waals surface area contributed by atoms with Gasteiger partial charge >= 0.3 is 0 Å². The Morgan fingerprint density at radius 3 is 2.71 bits per heavy atom. The number of carbonyl (C=O) groups excluding carboxylic acids is 1. The molecule has 0 fully saturated rings. The lowest BCUT2D eigenvalue weighted by atomic mass is 10.0. The van der Waals surface area contributed by atoms with E-state index in [1.165, 1.54) is 0 Å². The lowest BCUT2D eigenvalue weighted by Crippen LogP contribution is -2.12. The highest BCUT2D eigenvalue weighted by Crippen LogP contribution is 2.21. The molecule has 1 aromatic heterocycles. The Morgan fingerprint density at radius 2 is 2.00 bits per heavy atom. The van der Waals surface area contributed by atoms with Crippen molar-refractivity contribution in [2.75, 3.05) is 26.9 Å². The topological polar surface area (TPSA) is 53.4 Å². The lowest BCUT2D eigenvalue weighted by molar-refractivity contribution is 0.0657. The fourth-order valence-corrected chi connectivity index (χ4v) is 2.15. The molecule has 5 heteroatoms. The maximum Gasteiger partial charge on any atom is 0.186 e. The normalized spacial score (nSPS) is 11.4. The Morgan fingerprint density at radius 1 is 1.24 bits per heavy atom. The molecular formula is C16H22N2O3. The number of para-hydroxylation sites is 1. The van der Waals surface area contributed by atoms with Crippen molar-refractivity contribution in [1.29, 1.82) is 0 Å². The summed E-state index contributed by atoms with van der Waals surface area (Å²) in [5, 5.41) is 5.39. The van der Waals surface area contributed by atoms with Crippen LogP contribution in [0.15, 0.2) is 24.3 Å². The summed E-state index contributed by atoms with van der Waals surface area (Å²) in [5.41, 5.74) is 1.52. The number of fused-ring (bicyclic) bond motifs is 1. The maximum absolute atomic E-state index is 12.3. The molecule has 0 aliphatic heterocycles. The van der Waals surface area contributed by atoms with Crippen molar-refractivity contribution >= 4 is 16.7 Å². The second kappa shape index (κ2) is 7.33. The summed E-state index contributed by atoms with van der Waals surface area (Å²) in [6, 6.07) is 7.81. The van der Waals surface area contributed by atoms with Crippen LogP contribution in [0.5, 0.6) is 0 Å². The smallest absolute Gasteiger partial charge is 0.186 e. The number of aromatic nitrogens is 2. The van der Waals surface area contributed by atoms with Gasteiger partial charge in [-0.3, -0.25) is 9.48 Å². The average molecular weight is 290 g/mol. The number of ketones is 1. The third-order valence-corrected chi connectivity index (χ3v) is 3.29. The third kappa shape index (κ3) is 3.68. The van der Waals surface area contributed by atoms with Gasteiger partial charge in [-0.15, -0.1) is 0 Å². The number of hydrogen-bond acceptors (Lipinski definition) is 4. The van der Waals surface area contributed by atoms with Crippen LogP contribution in [0.1, 0.15) is 24.3 Å². The van der Waals surface area contributed by atoms with E-state index in [1.54, 1.807) is 7.11 Å². The molecule has 0 radical (unpaired) electrons. The van der Waals surface area contributed by atoms with Crippen LogP contribution in [-0.4, -0.2) is 42.5 Å². The van der Waals surface area contributed by atoms with Crippen LogP contribution >= 0.6 is 0 Å². The summed E-state index contributed by atoms with van der Waals surface area (Å²) in [6.45, 7) is 6.10. The number of nitrogens with zero attached hydrogens (tertiary/aromatic N) is 2. The molecule has 5 nitrogen and oxygen atoms in total. The molecule has 0 N–H and O–H groups in total. The molecule has 0 spiro atoms. The molecule has 1 aromatic carbocycles. The van der Waals surface area contributed by atoms with Crippen LogP contribution < -0.4 is 0 Å². The molecule has 0 atom stereocenters. The zero-order chi connectivity index (χ0) is 15.2. The lowest BCUT2D eigenvalue weighted by Gasteiger charge is -2.05. The van der Waals surface area contributed by atoms with Crippen LogP contribution in [0, 0.1) is 5.92 Å². The SMILES string of the molecule is COCCOCCn1nc(C(=O)C(C)C)c2ccccc21. The van der Waals surface area contributed by atoms with Gasteiger partial charge in [0.2, 0.25) is 0 Å². The predicted molar refractivity (Wildman–Crippen MR) is 81.6 cm³/mol. The largest absolute Gasteiger partial charge is 0.382 e. The summed E-state index contributed by atoms with van der Waals surface area (Å²) >= 11 is 0. The highest BCUT2D eigenvalue weighted by Gasteiger charge is 2.19. The molecule has 0 unspecified atom stereocenters. The van der Waals surface area contributed by atoms with Gasteiger partial charge in [-0.2, -0.15) is 5.10 Å². The molecule has 114 valence electrons. The van der Waals surface area contributed by atoms with Gasteiger partial charge in [0.25, 0.3) is 0 Å². The summed E-state index contributed by atoms with van der Waals surface area (Å²) < 4.78 is 12.3. The van der Waals surface area contributed by atoms with E-state index in [2.05, 4.69) is 5.10 Å². The van der Waals surface area contributed by atoms with Gasteiger partial charge in [-0.25, -0.2) is 0 Å². The standard InChI is InChI=1S/C16H22N2O3/c1-12(2)16(19)15-13-6-4-5-7-14(13)18(17-15)8-9-21-11-10-20-3/h4-7,12H,8-11H2,1-3H3. The van der Waals surface area contributed by atoms with Gasteiger partial charge in [-0.1, -0.05) is 32.0 Å². The number of methoxy groups -OCH3 is 1. The van der Waals surface area contributed by atoms with Crippen molar-refractivity contribution < 1.29 is 14.3 Å². The molecule has 0 saturated carbocycles. The molecular weight excluding hydrogens is 268 g/mol. The minimum absolute atomic E-state index is 0.0605. The number of hydrogen-bond donors (Lipinski definition) is 0. The van der Waals surface area contributed by atoms with Gasteiger partial charge in [0.1, 0.15) is 5.69 Å². The second-order valence-corrected chi connectivity index (χ2v) is 5.21. The van der Waals surface area contributed by atoms with Crippen LogP contribution in [0.4, 0.5) is 0 Å². The Bertz CT molecular complexity index is 605. The van der Waals surface area contributed by atoms with E-state index in [-0.39, 0.29) is 11.7 Å². The second-order valence-electron chi connectivity index (χ2n) is 5.21. The minimum atomic E-state index is -0.0605. The Labute approximate surface area is 124 Å². The Hall–Kier alpha value is -1.72. The summed E-state index contributed by atoms with van der Waals surface area (Å²) in [6.07, 6.45) is 0. The highest BCUT2D eigenvalue weighted by molar-refractivity contribution is 6.06. The minimum Gasteiger partial charge on any atom is -0.382 e. The average Bonchev–Trinajstić information content (AvgIpc) is 2.85. The zero-order valence-corrected chi connectivity index (χ0v) is 12.8. The number of Topliss-reactive ketones (excluding diaryl/α,β-unsaturated/α-hetero) is 1. The predicted octanol–water partition coefficient (Wildman–Crippen LogP) is 2.54. The molecule has 0 saturated heterocycles. The molecule has 1 heterocycles.